The average Bonchev–Trinajstić information content (AvgIpc) is 2.64. The average molecular weight is 274 g/mol. The van der Waals surface area contributed by atoms with Crippen LogP contribution in [0.4, 0.5) is 0 Å². The zero-order valence-electron chi connectivity index (χ0n) is 12.9. The maximum atomic E-state index is 10.1. The van der Waals surface area contributed by atoms with Gasteiger partial charge in [0.25, 0.3) is 0 Å². The smallest absolute Gasteiger partial charge is 0.186 e. The van der Waals surface area contributed by atoms with Crippen molar-refractivity contribution < 1.29 is 19.3 Å². The van der Waals surface area contributed by atoms with Crippen molar-refractivity contribution >= 4 is 0 Å². The third-order valence-electron chi connectivity index (χ3n) is 3.81. The van der Waals surface area contributed by atoms with Crippen molar-refractivity contribution in [1.82, 2.24) is 0 Å². The van der Waals surface area contributed by atoms with Crippen LogP contribution < -0.4 is 0 Å². The molecule has 4 heteroatoms. The lowest BCUT2D eigenvalue weighted by atomic mass is 9.95. The molecule has 1 unspecified atom stereocenters. The number of ether oxygens (including phenoxy) is 3. The van der Waals surface area contributed by atoms with Gasteiger partial charge in [0, 0.05) is 13.2 Å². The second-order valence-electron chi connectivity index (χ2n) is 5.47. The second kappa shape index (κ2) is 8.20. The van der Waals surface area contributed by atoms with Crippen LogP contribution in [0, 0.1) is 0 Å². The van der Waals surface area contributed by atoms with Crippen LogP contribution in [0.2, 0.25) is 0 Å². The van der Waals surface area contributed by atoms with Crippen LogP contribution in [-0.2, 0) is 14.2 Å². The monoisotopic (exact) mass is 274 g/mol. The Kier molecular flexibility index (Phi) is 7.29. The lowest BCUT2D eigenvalue weighted by Crippen LogP contribution is -2.49. The van der Waals surface area contributed by atoms with E-state index in [4.69, 9.17) is 14.2 Å². The Hall–Kier alpha value is -0.160. The van der Waals surface area contributed by atoms with Crippen molar-refractivity contribution in [2.24, 2.45) is 0 Å². The number of hydrogen-bond donors (Lipinski definition) is 1. The van der Waals surface area contributed by atoms with Crippen LogP contribution in [0.1, 0.15) is 59.8 Å². The second-order valence-corrected chi connectivity index (χ2v) is 5.47. The van der Waals surface area contributed by atoms with Gasteiger partial charge in [-0.2, -0.15) is 0 Å². The molecule has 0 spiro atoms. The molecule has 0 saturated carbocycles. The third-order valence-corrected chi connectivity index (χ3v) is 3.81. The highest BCUT2D eigenvalue weighted by atomic mass is 16.7. The fourth-order valence-electron chi connectivity index (χ4n) is 2.41. The molecular weight excluding hydrogens is 244 g/mol. The summed E-state index contributed by atoms with van der Waals surface area (Å²) in [6.07, 6.45) is 3.83. The molecule has 0 bridgehead atoms. The number of aliphatic hydroxyl groups excluding tert-OH is 1. The SMILES string of the molecule is CCCCO[C@@H]1[C@@H](CC)OC(O)[C@]1(C)OCCCC. The van der Waals surface area contributed by atoms with Gasteiger partial charge in [-0.3, -0.25) is 0 Å². The summed E-state index contributed by atoms with van der Waals surface area (Å²) in [5, 5.41) is 10.1. The van der Waals surface area contributed by atoms with Gasteiger partial charge in [0.1, 0.15) is 11.7 Å². The molecule has 1 aliphatic rings. The molecule has 1 N–H and O–H groups in total. The molecule has 0 amide bonds. The molecule has 114 valence electrons. The molecule has 4 atom stereocenters. The summed E-state index contributed by atoms with van der Waals surface area (Å²) >= 11 is 0. The minimum atomic E-state index is -0.902. The van der Waals surface area contributed by atoms with Crippen molar-refractivity contribution in [3.05, 3.63) is 0 Å². The number of aliphatic hydroxyl groups is 1. The number of rotatable bonds is 9. The van der Waals surface area contributed by atoms with E-state index in [1.807, 2.05) is 13.8 Å². The lowest BCUT2D eigenvalue weighted by Gasteiger charge is -2.33. The molecule has 0 aromatic carbocycles. The van der Waals surface area contributed by atoms with Crippen LogP contribution in [0.25, 0.3) is 0 Å². The van der Waals surface area contributed by atoms with Gasteiger partial charge in [0.05, 0.1) is 6.10 Å². The molecule has 0 aromatic rings. The zero-order chi connectivity index (χ0) is 14.3. The van der Waals surface area contributed by atoms with E-state index in [1.54, 1.807) is 0 Å². The van der Waals surface area contributed by atoms with Gasteiger partial charge in [-0.25, -0.2) is 0 Å². The molecule has 19 heavy (non-hydrogen) atoms. The maximum absolute atomic E-state index is 10.1. The zero-order valence-corrected chi connectivity index (χ0v) is 12.9. The van der Waals surface area contributed by atoms with E-state index in [0.717, 1.165) is 32.1 Å². The Morgan fingerprint density at radius 2 is 1.74 bits per heavy atom. The standard InChI is InChI=1S/C15H30O4/c1-5-8-10-17-13-12(7-3)19-14(16)15(13,4)18-11-9-6-2/h12-14,16H,5-11H2,1-4H3/t12-,13-,14?,15-/m1/s1. The highest BCUT2D eigenvalue weighted by Gasteiger charge is 2.54. The summed E-state index contributed by atoms with van der Waals surface area (Å²) < 4.78 is 17.5. The van der Waals surface area contributed by atoms with Crippen molar-refractivity contribution in [1.29, 1.82) is 0 Å². The summed E-state index contributed by atoms with van der Waals surface area (Å²) in [4.78, 5) is 0. The molecule has 0 radical (unpaired) electrons. The van der Waals surface area contributed by atoms with Gasteiger partial charge in [0.2, 0.25) is 0 Å². The first kappa shape index (κ1) is 16.9. The summed E-state index contributed by atoms with van der Waals surface area (Å²) in [7, 11) is 0. The van der Waals surface area contributed by atoms with Crippen LogP contribution in [-0.4, -0.2) is 42.4 Å². The fraction of sp³-hybridized carbons (Fsp3) is 1.00. The van der Waals surface area contributed by atoms with Crippen molar-refractivity contribution in [2.45, 2.75) is 83.9 Å². The van der Waals surface area contributed by atoms with Gasteiger partial charge in [0.15, 0.2) is 6.29 Å². The minimum absolute atomic E-state index is 0.0847. The lowest BCUT2D eigenvalue weighted by molar-refractivity contribution is -0.197. The predicted molar refractivity (Wildman–Crippen MR) is 75.1 cm³/mol. The third kappa shape index (κ3) is 4.15. The summed E-state index contributed by atoms with van der Waals surface area (Å²) in [5.41, 5.74) is -0.746. The van der Waals surface area contributed by atoms with E-state index in [0.29, 0.717) is 13.2 Å². The number of hydrogen-bond acceptors (Lipinski definition) is 4. The molecule has 1 rings (SSSR count). The molecule has 0 aliphatic carbocycles. The normalized spacial score (nSPS) is 34.9. The van der Waals surface area contributed by atoms with Crippen LogP contribution >= 0.6 is 0 Å². The Morgan fingerprint density at radius 3 is 2.32 bits per heavy atom. The van der Waals surface area contributed by atoms with Crippen molar-refractivity contribution in [2.75, 3.05) is 13.2 Å². The first-order chi connectivity index (χ1) is 9.10. The molecule has 0 aromatic heterocycles. The Balaban J connectivity index is 2.65. The maximum Gasteiger partial charge on any atom is 0.186 e. The van der Waals surface area contributed by atoms with Gasteiger partial charge in [-0.15, -0.1) is 0 Å². The molecule has 1 fully saturated rings. The van der Waals surface area contributed by atoms with Crippen LogP contribution in [0.15, 0.2) is 0 Å². The number of unbranched alkanes of at least 4 members (excludes halogenated alkanes) is 2. The van der Waals surface area contributed by atoms with Gasteiger partial charge >= 0.3 is 0 Å². The van der Waals surface area contributed by atoms with Crippen molar-refractivity contribution in [3.8, 4) is 0 Å². The van der Waals surface area contributed by atoms with E-state index >= 15 is 0 Å². The molecule has 1 saturated heterocycles. The summed E-state index contributed by atoms with van der Waals surface area (Å²) in [5.74, 6) is 0. The summed E-state index contributed by atoms with van der Waals surface area (Å²) in [6, 6.07) is 0. The summed E-state index contributed by atoms with van der Waals surface area (Å²) in [6.45, 7) is 9.54. The largest absolute Gasteiger partial charge is 0.372 e. The molecule has 1 aliphatic heterocycles. The quantitative estimate of drug-likeness (QED) is 0.657. The highest BCUT2D eigenvalue weighted by molar-refractivity contribution is 4.99. The van der Waals surface area contributed by atoms with Crippen LogP contribution in [0.5, 0.6) is 0 Å². The van der Waals surface area contributed by atoms with Crippen molar-refractivity contribution in [3.63, 3.8) is 0 Å². The van der Waals surface area contributed by atoms with Gasteiger partial charge < -0.3 is 19.3 Å². The topological polar surface area (TPSA) is 47.9 Å². The Bertz CT molecular complexity index is 246. The Morgan fingerprint density at radius 1 is 1.11 bits per heavy atom. The van der Waals surface area contributed by atoms with Gasteiger partial charge in [-0.05, 0) is 26.2 Å². The van der Waals surface area contributed by atoms with E-state index in [1.165, 1.54) is 0 Å². The van der Waals surface area contributed by atoms with E-state index in [-0.39, 0.29) is 12.2 Å². The molecular formula is C15H30O4. The van der Waals surface area contributed by atoms with Gasteiger partial charge in [-0.1, -0.05) is 33.6 Å². The first-order valence-electron chi connectivity index (χ1n) is 7.69. The first-order valence-corrected chi connectivity index (χ1v) is 7.69. The molecule has 1 heterocycles. The Labute approximate surface area is 117 Å². The van der Waals surface area contributed by atoms with E-state index in [2.05, 4.69) is 13.8 Å². The van der Waals surface area contributed by atoms with Crippen LogP contribution in [0.3, 0.4) is 0 Å². The molecule has 4 nitrogen and oxygen atoms in total. The minimum Gasteiger partial charge on any atom is -0.372 e. The predicted octanol–water partition coefficient (Wildman–Crippen LogP) is 2.87. The fourth-order valence-corrected chi connectivity index (χ4v) is 2.41. The van der Waals surface area contributed by atoms with E-state index in [9.17, 15) is 5.11 Å². The van der Waals surface area contributed by atoms with E-state index < -0.39 is 11.9 Å². The highest BCUT2D eigenvalue weighted by Crippen LogP contribution is 2.36.